The molecule has 2 unspecified atom stereocenters. The molecule has 0 aliphatic rings. The van der Waals surface area contributed by atoms with Crippen LogP contribution < -0.4 is 10.6 Å². The Morgan fingerprint density at radius 1 is 1.07 bits per heavy atom. The summed E-state index contributed by atoms with van der Waals surface area (Å²) in [7, 11) is 1.25. The van der Waals surface area contributed by atoms with E-state index >= 15 is 0 Å². The topological polar surface area (TPSA) is 78.4 Å². The summed E-state index contributed by atoms with van der Waals surface area (Å²) in [4.78, 5) is 24.4. The molecule has 0 radical (unpaired) electrons. The zero-order valence-electron chi connectivity index (χ0n) is 14.0. The largest absolute Gasteiger partial charge is 0.417 e. The Morgan fingerprint density at radius 2 is 1.70 bits per heavy atom. The van der Waals surface area contributed by atoms with Crippen LogP contribution in [0.25, 0.3) is 0 Å². The van der Waals surface area contributed by atoms with Crippen molar-refractivity contribution in [3.05, 3.63) is 71.0 Å². The molecule has 0 aliphatic carbocycles. The molecule has 0 aliphatic heterocycles. The molecule has 0 aromatic heterocycles. The third kappa shape index (κ3) is 4.82. The van der Waals surface area contributed by atoms with Gasteiger partial charge in [0.15, 0.2) is 0 Å². The summed E-state index contributed by atoms with van der Waals surface area (Å²) in [6.07, 6.45) is -6.49. The standard InChI is InChI=1S/C18H16F4N2O3/c1-23-17(27)14(15(25)10-5-3-2-4-6-10)24-16(26)12-8-7-11(19)9-13(12)18(20,21)22/h2-9,14-15,25H,1H3,(H,23,27)(H,24,26). The Kier molecular flexibility index (Phi) is 6.17. The van der Waals surface area contributed by atoms with Crippen LogP contribution in [0, 0.1) is 5.82 Å². The van der Waals surface area contributed by atoms with E-state index in [1.165, 1.54) is 19.2 Å². The first kappa shape index (κ1) is 20.4. The zero-order chi connectivity index (χ0) is 20.2. The normalized spacial score (nSPS) is 13.6. The minimum atomic E-state index is -4.98. The molecule has 0 saturated heterocycles. The SMILES string of the molecule is CNC(=O)C(NC(=O)c1ccc(F)cc1C(F)(F)F)C(O)c1ccccc1. The molecule has 0 bridgehead atoms. The predicted molar refractivity (Wildman–Crippen MR) is 88.1 cm³/mol. The van der Waals surface area contributed by atoms with Gasteiger partial charge in [0.25, 0.3) is 5.91 Å². The van der Waals surface area contributed by atoms with Crippen molar-refractivity contribution in [2.75, 3.05) is 7.05 Å². The van der Waals surface area contributed by atoms with Crippen LogP contribution in [0.1, 0.15) is 27.6 Å². The van der Waals surface area contributed by atoms with Crippen molar-refractivity contribution in [2.45, 2.75) is 18.3 Å². The van der Waals surface area contributed by atoms with E-state index in [2.05, 4.69) is 10.6 Å². The molecule has 27 heavy (non-hydrogen) atoms. The maximum atomic E-state index is 13.2. The number of benzene rings is 2. The monoisotopic (exact) mass is 384 g/mol. The summed E-state index contributed by atoms with van der Waals surface area (Å²) in [6, 6.07) is 7.82. The van der Waals surface area contributed by atoms with Crippen LogP contribution in [-0.4, -0.2) is 30.0 Å². The Bertz CT molecular complexity index is 825. The van der Waals surface area contributed by atoms with Crippen LogP contribution >= 0.6 is 0 Å². The fourth-order valence-electron chi connectivity index (χ4n) is 2.45. The van der Waals surface area contributed by atoms with Crippen molar-refractivity contribution in [3.8, 4) is 0 Å². The van der Waals surface area contributed by atoms with E-state index in [9.17, 15) is 32.3 Å². The van der Waals surface area contributed by atoms with Gasteiger partial charge in [-0.2, -0.15) is 13.2 Å². The third-order valence-electron chi connectivity index (χ3n) is 3.80. The van der Waals surface area contributed by atoms with Gasteiger partial charge in [-0.1, -0.05) is 30.3 Å². The Balaban J connectivity index is 2.36. The molecule has 0 fully saturated rings. The molecule has 5 nitrogen and oxygen atoms in total. The van der Waals surface area contributed by atoms with Crippen molar-refractivity contribution in [1.29, 1.82) is 0 Å². The lowest BCUT2D eigenvalue weighted by Gasteiger charge is -2.24. The van der Waals surface area contributed by atoms with Crippen LogP contribution in [0.4, 0.5) is 17.6 Å². The summed E-state index contributed by atoms with van der Waals surface area (Å²) in [5.41, 5.74) is -2.07. The quantitative estimate of drug-likeness (QED) is 0.693. The molecule has 2 aromatic rings. The van der Waals surface area contributed by atoms with Gasteiger partial charge in [0, 0.05) is 7.05 Å². The minimum absolute atomic E-state index is 0.192. The van der Waals surface area contributed by atoms with E-state index in [0.717, 1.165) is 0 Å². The highest BCUT2D eigenvalue weighted by molar-refractivity contribution is 5.99. The van der Waals surface area contributed by atoms with Gasteiger partial charge in [-0.15, -0.1) is 0 Å². The number of carbonyl (C=O) groups excluding carboxylic acids is 2. The van der Waals surface area contributed by atoms with E-state index in [-0.39, 0.29) is 11.6 Å². The van der Waals surface area contributed by atoms with Crippen LogP contribution in [0.15, 0.2) is 48.5 Å². The number of halogens is 4. The van der Waals surface area contributed by atoms with Gasteiger partial charge in [0.2, 0.25) is 5.91 Å². The first-order valence-corrected chi connectivity index (χ1v) is 7.77. The van der Waals surface area contributed by atoms with Gasteiger partial charge in [0.05, 0.1) is 11.1 Å². The molecule has 144 valence electrons. The lowest BCUT2D eigenvalue weighted by Crippen LogP contribution is -2.49. The second-order valence-corrected chi connectivity index (χ2v) is 5.61. The van der Waals surface area contributed by atoms with Crippen LogP contribution in [0.2, 0.25) is 0 Å². The molecule has 3 N–H and O–H groups in total. The maximum absolute atomic E-state index is 13.2. The van der Waals surface area contributed by atoms with Gasteiger partial charge in [0.1, 0.15) is 18.0 Å². The number of rotatable bonds is 5. The summed E-state index contributed by atoms with van der Waals surface area (Å²) in [6.45, 7) is 0. The number of hydrogen-bond donors (Lipinski definition) is 3. The molecular formula is C18H16F4N2O3. The Hall–Kier alpha value is -2.94. The minimum Gasteiger partial charge on any atom is -0.386 e. The number of alkyl halides is 3. The number of carbonyl (C=O) groups is 2. The van der Waals surface area contributed by atoms with E-state index in [0.29, 0.717) is 12.1 Å². The summed E-state index contributed by atoms with van der Waals surface area (Å²) in [5.74, 6) is -3.24. The van der Waals surface area contributed by atoms with Crippen molar-refractivity contribution >= 4 is 11.8 Å². The molecule has 0 saturated carbocycles. The summed E-state index contributed by atoms with van der Waals surface area (Å²) in [5, 5.41) is 14.7. The first-order valence-electron chi connectivity index (χ1n) is 7.77. The average Bonchev–Trinajstić information content (AvgIpc) is 2.64. The molecule has 9 heteroatoms. The predicted octanol–water partition coefficient (Wildman–Crippen LogP) is 2.42. The van der Waals surface area contributed by atoms with Crippen LogP contribution in [0.3, 0.4) is 0 Å². The number of aliphatic hydroxyl groups is 1. The number of aliphatic hydroxyl groups excluding tert-OH is 1. The molecule has 0 spiro atoms. The van der Waals surface area contributed by atoms with Crippen molar-refractivity contribution in [1.82, 2.24) is 10.6 Å². The average molecular weight is 384 g/mol. The second kappa shape index (κ2) is 8.17. The molecule has 2 amide bonds. The maximum Gasteiger partial charge on any atom is 0.417 e. The number of hydrogen-bond acceptors (Lipinski definition) is 3. The zero-order valence-corrected chi connectivity index (χ0v) is 14.0. The number of likely N-dealkylation sites (N-methyl/N-ethyl adjacent to an activating group) is 1. The molecule has 2 aromatic carbocycles. The molecular weight excluding hydrogens is 368 g/mol. The lowest BCUT2D eigenvalue weighted by molar-refractivity contribution is -0.138. The van der Waals surface area contributed by atoms with Crippen molar-refractivity contribution in [2.24, 2.45) is 0 Å². The van der Waals surface area contributed by atoms with E-state index in [1.54, 1.807) is 18.2 Å². The van der Waals surface area contributed by atoms with Gasteiger partial charge in [-0.25, -0.2) is 4.39 Å². The van der Waals surface area contributed by atoms with E-state index in [4.69, 9.17) is 0 Å². The van der Waals surface area contributed by atoms with Gasteiger partial charge in [-0.05, 0) is 23.8 Å². The molecule has 2 atom stereocenters. The smallest absolute Gasteiger partial charge is 0.386 e. The first-order chi connectivity index (χ1) is 12.6. The highest BCUT2D eigenvalue weighted by Crippen LogP contribution is 2.32. The van der Waals surface area contributed by atoms with Crippen molar-refractivity contribution < 1.29 is 32.3 Å². The van der Waals surface area contributed by atoms with Crippen molar-refractivity contribution in [3.63, 3.8) is 0 Å². The number of amides is 2. The lowest BCUT2D eigenvalue weighted by atomic mass is 10.00. The highest BCUT2D eigenvalue weighted by Gasteiger charge is 2.37. The molecule has 0 heterocycles. The fraction of sp³-hybridized carbons (Fsp3) is 0.222. The Morgan fingerprint density at radius 3 is 2.26 bits per heavy atom. The second-order valence-electron chi connectivity index (χ2n) is 5.61. The van der Waals surface area contributed by atoms with E-state index in [1.807, 2.05) is 0 Å². The van der Waals surface area contributed by atoms with Gasteiger partial charge >= 0.3 is 6.18 Å². The van der Waals surface area contributed by atoms with Gasteiger partial charge < -0.3 is 15.7 Å². The van der Waals surface area contributed by atoms with Crippen LogP contribution in [0.5, 0.6) is 0 Å². The highest BCUT2D eigenvalue weighted by atomic mass is 19.4. The third-order valence-corrected chi connectivity index (χ3v) is 3.80. The van der Waals surface area contributed by atoms with Gasteiger partial charge in [-0.3, -0.25) is 9.59 Å². The summed E-state index contributed by atoms with van der Waals surface area (Å²) < 4.78 is 52.5. The summed E-state index contributed by atoms with van der Waals surface area (Å²) >= 11 is 0. The Labute approximate surface area is 152 Å². The molecule has 2 rings (SSSR count). The van der Waals surface area contributed by atoms with Crippen LogP contribution in [-0.2, 0) is 11.0 Å². The number of nitrogens with one attached hydrogen (secondary N) is 2. The fourth-order valence-corrected chi connectivity index (χ4v) is 2.45. The van der Waals surface area contributed by atoms with E-state index < -0.39 is 47.1 Å².